The fourth-order valence-corrected chi connectivity index (χ4v) is 3.16. The molecular weight excluding hydrogens is 390 g/mol. The number of nitrogens with one attached hydrogen (secondary N) is 1. The van der Waals surface area contributed by atoms with Crippen molar-refractivity contribution in [1.82, 2.24) is 5.32 Å². The van der Waals surface area contributed by atoms with E-state index >= 15 is 0 Å². The topological polar surface area (TPSA) is 128 Å². The van der Waals surface area contributed by atoms with Crippen LogP contribution in [0.5, 0.6) is 5.75 Å². The molecule has 2 aromatic carbocycles. The maximum Gasteiger partial charge on any atom is 0.251 e. The Kier molecular flexibility index (Phi) is 9.22. The number of carbonyl (C=O) groups excluding carboxylic acids is 1. The second-order valence-electron chi connectivity index (χ2n) is 6.79. The number of aliphatic hydroxyl groups is 4. The Balaban J connectivity index is 0.00000155. The molecule has 0 aromatic heterocycles. The van der Waals surface area contributed by atoms with Crippen molar-refractivity contribution < 1.29 is 34.7 Å². The lowest BCUT2D eigenvalue weighted by molar-refractivity contribution is -0.179. The normalized spacial score (nSPS) is 23.1. The number of amides is 1. The molecule has 0 spiro atoms. The van der Waals surface area contributed by atoms with E-state index in [1.54, 1.807) is 43.4 Å². The number of ether oxygens (including phenoxy) is 2. The van der Waals surface area contributed by atoms with E-state index in [0.29, 0.717) is 23.5 Å². The van der Waals surface area contributed by atoms with Gasteiger partial charge >= 0.3 is 0 Å². The van der Waals surface area contributed by atoms with Crippen LogP contribution in [0.3, 0.4) is 0 Å². The lowest BCUT2D eigenvalue weighted by Gasteiger charge is -2.36. The van der Waals surface area contributed by atoms with Crippen molar-refractivity contribution in [3.63, 3.8) is 0 Å². The molecule has 30 heavy (non-hydrogen) atoms. The van der Waals surface area contributed by atoms with E-state index in [4.69, 9.17) is 14.6 Å². The van der Waals surface area contributed by atoms with E-state index in [2.05, 4.69) is 5.32 Å². The van der Waals surface area contributed by atoms with Gasteiger partial charge in [-0.2, -0.15) is 0 Å². The molecule has 1 saturated heterocycles. The molecule has 8 heteroatoms. The second kappa shape index (κ2) is 11.6. The lowest BCUT2D eigenvalue weighted by Crippen LogP contribution is -2.44. The Morgan fingerprint density at radius 1 is 1.10 bits per heavy atom. The van der Waals surface area contributed by atoms with Crippen molar-refractivity contribution in [3.8, 4) is 5.75 Å². The van der Waals surface area contributed by atoms with Gasteiger partial charge in [0.1, 0.15) is 24.6 Å². The number of rotatable bonds is 6. The number of carbonyl (C=O) groups is 1. The summed E-state index contributed by atoms with van der Waals surface area (Å²) in [6.45, 7) is 0.140. The third kappa shape index (κ3) is 6.01. The van der Waals surface area contributed by atoms with Gasteiger partial charge in [-0.05, 0) is 35.4 Å². The van der Waals surface area contributed by atoms with Crippen LogP contribution < -0.4 is 10.1 Å². The highest BCUT2D eigenvalue weighted by Gasteiger charge is 2.37. The summed E-state index contributed by atoms with van der Waals surface area (Å²) in [6.07, 6.45) is -2.99. The Morgan fingerprint density at radius 2 is 1.73 bits per heavy atom. The van der Waals surface area contributed by atoms with Crippen LogP contribution in [0.4, 0.5) is 0 Å². The molecule has 0 aliphatic carbocycles. The van der Waals surface area contributed by atoms with Crippen LogP contribution in [0.2, 0.25) is 0 Å². The molecule has 1 aliphatic heterocycles. The third-order valence-electron chi connectivity index (χ3n) is 4.81. The van der Waals surface area contributed by atoms with Crippen LogP contribution in [0.25, 0.3) is 0 Å². The fraction of sp³-hybridized carbons (Fsp3) is 0.409. The van der Waals surface area contributed by atoms with Crippen molar-refractivity contribution in [1.29, 1.82) is 0 Å². The largest absolute Gasteiger partial charge is 0.489 e. The van der Waals surface area contributed by atoms with Crippen molar-refractivity contribution in [2.24, 2.45) is 0 Å². The average Bonchev–Trinajstić information content (AvgIpc) is 2.81. The summed E-state index contributed by atoms with van der Waals surface area (Å²) in [5.41, 5.74) is 2.22. The molecular formula is C22H29NO7. The van der Waals surface area contributed by atoms with Gasteiger partial charge in [0.15, 0.2) is 0 Å². The lowest BCUT2D eigenvalue weighted by atomic mass is 9.93. The predicted octanol–water partition coefficient (Wildman–Crippen LogP) is 0.778. The molecule has 0 radical (unpaired) electrons. The van der Waals surface area contributed by atoms with E-state index in [9.17, 15) is 20.1 Å². The Labute approximate surface area is 175 Å². The third-order valence-corrected chi connectivity index (χ3v) is 4.81. The van der Waals surface area contributed by atoms with Crippen molar-refractivity contribution in [3.05, 3.63) is 65.2 Å². The zero-order valence-electron chi connectivity index (χ0n) is 17.1. The molecule has 8 nitrogen and oxygen atoms in total. The molecule has 3 rings (SSSR count). The summed E-state index contributed by atoms with van der Waals surface area (Å²) in [4.78, 5) is 11.5. The smallest absolute Gasteiger partial charge is 0.251 e. The SMILES string of the molecule is CNC(=O)c1ccc(COc2ccc([C@H]3OC(CO)CC(O)C3O)cc2)cc1.CO. The fourth-order valence-electron chi connectivity index (χ4n) is 3.16. The van der Waals surface area contributed by atoms with Gasteiger partial charge in [-0.15, -0.1) is 0 Å². The highest BCUT2D eigenvalue weighted by atomic mass is 16.5. The zero-order valence-corrected chi connectivity index (χ0v) is 17.1. The van der Waals surface area contributed by atoms with Gasteiger partial charge < -0.3 is 35.2 Å². The first kappa shape index (κ1) is 23.8. The van der Waals surface area contributed by atoms with Crippen LogP contribution in [-0.2, 0) is 11.3 Å². The molecule has 2 aromatic rings. The summed E-state index contributed by atoms with van der Waals surface area (Å²) in [7, 11) is 2.59. The van der Waals surface area contributed by atoms with Gasteiger partial charge in [0.2, 0.25) is 0 Å². The summed E-state index contributed by atoms with van der Waals surface area (Å²) >= 11 is 0. The molecule has 1 heterocycles. The molecule has 4 atom stereocenters. The van der Waals surface area contributed by atoms with Crippen LogP contribution in [0, 0.1) is 0 Å². The number of hydrogen-bond acceptors (Lipinski definition) is 7. The van der Waals surface area contributed by atoms with Crippen LogP contribution in [0.1, 0.15) is 34.0 Å². The van der Waals surface area contributed by atoms with Crippen LogP contribution in [-0.4, -0.2) is 65.4 Å². The van der Waals surface area contributed by atoms with Crippen molar-refractivity contribution in [2.45, 2.75) is 37.4 Å². The number of benzene rings is 2. The van der Waals surface area contributed by atoms with E-state index in [0.717, 1.165) is 12.7 Å². The van der Waals surface area contributed by atoms with Gasteiger partial charge in [-0.3, -0.25) is 4.79 Å². The van der Waals surface area contributed by atoms with Gasteiger partial charge in [0.25, 0.3) is 5.91 Å². The van der Waals surface area contributed by atoms with E-state index < -0.39 is 24.4 Å². The minimum atomic E-state index is -1.05. The van der Waals surface area contributed by atoms with Crippen LogP contribution in [0.15, 0.2) is 48.5 Å². The Hall–Kier alpha value is -2.49. The van der Waals surface area contributed by atoms with Gasteiger partial charge in [-0.25, -0.2) is 0 Å². The minimum Gasteiger partial charge on any atom is -0.489 e. The number of aliphatic hydroxyl groups excluding tert-OH is 4. The monoisotopic (exact) mass is 419 g/mol. The first-order valence-electron chi connectivity index (χ1n) is 9.62. The molecule has 1 aliphatic rings. The maximum atomic E-state index is 11.5. The summed E-state index contributed by atoms with van der Waals surface area (Å²) in [5, 5.41) is 39.0. The van der Waals surface area contributed by atoms with Gasteiger partial charge in [0, 0.05) is 26.1 Å². The van der Waals surface area contributed by atoms with Crippen molar-refractivity contribution >= 4 is 5.91 Å². The summed E-state index contributed by atoms with van der Waals surface area (Å²) < 4.78 is 11.4. The molecule has 1 amide bonds. The molecule has 3 unspecified atom stereocenters. The first-order chi connectivity index (χ1) is 14.5. The van der Waals surface area contributed by atoms with Gasteiger partial charge in [0.05, 0.1) is 18.8 Å². The Morgan fingerprint density at radius 3 is 2.30 bits per heavy atom. The van der Waals surface area contributed by atoms with Crippen LogP contribution >= 0.6 is 0 Å². The van der Waals surface area contributed by atoms with E-state index in [1.165, 1.54) is 0 Å². The predicted molar refractivity (Wildman–Crippen MR) is 110 cm³/mol. The molecule has 5 N–H and O–H groups in total. The van der Waals surface area contributed by atoms with Gasteiger partial charge in [-0.1, -0.05) is 24.3 Å². The average molecular weight is 419 g/mol. The Bertz CT molecular complexity index is 779. The highest BCUT2D eigenvalue weighted by molar-refractivity contribution is 5.93. The second-order valence-corrected chi connectivity index (χ2v) is 6.79. The molecule has 1 fully saturated rings. The highest BCUT2D eigenvalue weighted by Crippen LogP contribution is 2.32. The number of hydrogen-bond donors (Lipinski definition) is 5. The standard InChI is InChI=1S/C21H25NO6.CH4O/c1-22-21(26)15-4-2-13(3-5-15)12-27-16-8-6-14(7-9-16)20-19(25)18(24)10-17(11-23)28-20;1-2/h2-9,17-20,23-25H,10-12H2,1H3,(H,22,26);2H,1H3/t17?,18?,19?,20-;/m1./s1. The molecule has 164 valence electrons. The first-order valence-corrected chi connectivity index (χ1v) is 9.62. The minimum absolute atomic E-state index is 0.135. The molecule has 0 bridgehead atoms. The summed E-state index contributed by atoms with van der Waals surface area (Å²) in [5.74, 6) is 0.507. The maximum absolute atomic E-state index is 11.5. The van der Waals surface area contributed by atoms with E-state index in [1.807, 2.05) is 12.1 Å². The quantitative estimate of drug-likeness (QED) is 0.468. The van der Waals surface area contributed by atoms with E-state index in [-0.39, 0.29) is 18.9 Å². The van der Waals surface area contributed by atoms with Crippen molar-refractivity contribution in [2.75, 3.05) is 20.8 Å². The summed E-state index contributed by atoms with van der Waals surface area (Å²) in [6, 6.07) is 14.2. The molecule has 0 saturated carbocycles. The zero-order chi connectivity index (χ0) is 22.1.